The molecular formula is C14H16BrFN4. The molecule has 2 N–H and O–H groups in total. The average molecular weight is 339 g/mol. The smallest absolute Gasteiger partial charge is 0.139 e. The first-order valence-corrected chi connectivity index (χ1v) is 7.07. The van der Waals surface area contributed by atoms with Gasteiger partial charge in [-0.15, -0.1) is 0 Å². The van der Waals surface area contributed by atoms with Crippen LogP contribution >= 0.6 is 15.9 Å². The van der Waals surface area contributed by atoms with Crippen molar-refractivity contribution in [1.82, 2.24) is 9.97 Å². The first-order chi connectivity index (χ1) is 9.52. The van der Waals surface area contributed by atoms with Gasteiger partial charge in [0.05, 0.1) is 5.69 Å². The van der Waals surface area contributed by atoms with Crippen LogP contribution in [0.4, 0.5) is 21.7 Å². The van der Waals surface area contributed by atoms with Crippen LogP contribution in [0.2, 0.25) is 0 Å². The molecule has 0 atom stereocenters. The Kier molecular flexibility index (Phi) is 4.54. The number of benzene rings is 1. The van der Waals surface area contributed by atoms with Gasteiger partial charge in [0.2, 0.25) is 0 Å². The maximum atomic E-state index is 13.3. The molecule has 6 heteroatoms. The van der Waals surface area contributed by atoms with E-state index < -0.39 is 0 Å². The predicted molar refractivity (Wildman–Crippen MR) is 83.1 cm³/mol. The third-order valence-electron chi connectivity index (χ3n) is 2.88. The Hall–Kier alpha value is -1.69. The molecule has 106 valence electrons. The molecule has 0 radical (unpaired) electrons. The Morgan fingerprint density at radius 1 is 1.20 bits per heavy atom. The average Bonchev–Trinajstić information content (AvgIpc) is 2.42. The molecule has 2 aromatic rings. The fourth-order valence-electron chi connectivity index (χ4n) is 1.96. The van der Waals surface area contributed by atoms with Crippen molar-refractivity contribution in [2.45, 2.75) is 19.8 Å². The molecule has 2 rings (SSSR count). The minimum absolute atomic E-state index is 0.230. The summed E-state index contributed by atoms with van der Waals surface area (Å²) in [4.78, 5) is 8.48. The molecule has 0 amide bonds. The number of anilines is 3. The van der Waals surface area contributed by atoms with Crippen molar-refractivity contribution >= 4 is 33.3 Å². The van der Waals surface area contributed by atoms with Crippen LogP contribution in [-0.4, -0.2) is 17.0 Å². The normalized spacial score (nSPS) is 10.7. The first-order valence-electron chi connectivity index (χ1n) is 6.27. The van der Waals surface area contributed by atoms with E-state index in [4.69, 9.17) is 0 Å². The van der Waals surface area contributed by atoms with Gasteiger partial charge in [-0.1, -0.05) is 13.8 Å². The molecule has 0 aliphatic heterocycles. The molecule has 0 aliphatic rings. The third-order valence-corrected chi connectivity index (χ3v) is 3.57. The van der Waals surface area contributed by atoms with Crippen molar-refractivity contribution in [1.29, 1.82) is 0 Å². The molecule has 0 saturated heterocycles. The molecule has 1 aromatic heterocycles. The van der Waals surface area contributed by atoms with Crippen LogP contribution < -0.4 is 10.6 Å². The van der Waals surface area contributed by atoms with Gasteiger partial charge in [0.15, 0.2) is 0 Å². The standard InChI is InChI=1S/C14H16BrFN4/c1-8(2)12-13(17-3)18-7-19-14(12)20-11-6-9(16)4-5-10(11)15/h4-8H,1-3H3,(H2,17,18,19,20). The van der Waals surface area contributed by atoms with E-state index in [9.17, 15) is 4.39 Å². The number of rotatable bonds is 4. The molecule has 4 nitrogen and oxygen atoms in total. The molecule has 0 fully saturated rings. The van der Waals surface area contributed by atoms with E-state index in [1.807, 2.05) is 7.05 Å². The zero-order valence-corrected chi connectivity index (χ0v) is 13.1. The third kappa shape index (κ3) is 3.07. The molecule has 1 heterocycles. The van der Waals surface area contributed by atoms with E-state index >= 15 is 0 Å². The van der Waals surface area contributed by atoms with Crippen LogP contribution in [0.3, 0.4) is 0 Å². The van der Waals surface area contributed by atoms with Gasteiger partial charge >= 0.3 is 0 Å². The SMILES string of the molecule is CNc1ncnc(Nc2cc(F)ccc2Br)c1C(C)C. The fraction of sp³-hybridized carbons (Fsp3) is 0.286. The molecule has 1 aromatic carbocycles. The first kappa shape index (κ1) is 14.7. The summed E-state index contributed by atoms with van der Waals surface area (Å²) in [5.41, 5.74) is 1.60. The second-order valence-electron chi connectivity index (χ2n) is 4.64. The van der Waals surface area contributed by atoms with Gasteiger partial charge in [-0.25, -0.2) is 14.4 Å². The monoisotopic (exact) mass is 338 g/mol. The molecule has 0 spiro atoms. The highest BCUT2D eigenvalue weighted by atomic mass is 79.9. The summed E-state index contributed by atoms with van der Waals surface area (Å²) in [6.45, 7) is 4.12. The Morgan fingerprint density at radius 3 is 2.55 bits per heavy atom. The van der Waals surface area contributed by atoms with E-state index in [0.717, 1.165) is 15.9 Å². The maximum Gasteiger partial charge on any atom is 0.139 e. The van der Waals surface area contributed by atoms with E-state index in [0.29, 0.717) is 11.5 Å². The number of hydrogen-bond acceptors (Lipinski definition) is 4. The summed E-state index contributed by atoms with van der Waals surface area (Å²) in [7, 11) is 1.82. The maximum absolute atomic E-state index is 13.3. The molecule has 0 unspecified atom stereocenters. The van der Waals surface area contributed by atoms with Crippen molar-refractivity contribution < 1.29 is 4.39 Å². The van der Waals surface area contributed by atoms with Gasteiger partial charge in [-0.3, -0.25) is 0 Å². The number of halogens is 2. The van der Waals surface area contributed by atoms with Crippen molar-refractivity contribution in [3.05, 3.63) is 40.4 Å². The largest absolute Gasteiger partial charge is 0.373 e. The second kappa shape index (κ2) is 6.17. The Labute approximate surface area is 126 Å². The summed E-state index contributed by atoms with van der Waals surface area (Å²) in [6.07, 6.45) is 1.48. The van der Waals surface area contributed by atoms with Crippen LogP contribution in [0, 0.1) is 5.82 Å². The van der Waals surface area contributed by atoms with Gasteiger partial charge < -0.3 is 10.6 Å². The van der Waals surface area contributed by atoms with Crippen molar-refractivity contribution in [3.63, 3.8) is 0 Å². The number of nitrogens with zero attached hydrogens (tertiary/aromatic N) is 2. The molecular weight excluding hydrogens is 323 g/mol. The topological polar surface area (TPSA) is 49.8 Å². The highest BCUT2D eigenvalue weighted by Gasteiger charge is 2.15. The molecule has 0 saturated carbocycles. The summed E-state index contributed by atoms with van der Waals surface area (Å²) < 4.78 is 14.1. The van der Waals surface area contributed by atoms with Gasteiger partial charge in [-0.05, 0) is 40.0 Å². The number of aromatic nitrogens is 2. The Bertz CT molecular complexity index is 616. The van der Waals surface area contributed by atoms with Gasteiger partial charge in [-0.2, -0.15) is 0 Å². The van der Waals surface area contributed by atoms with Gasteiger partial charge in [0, 0.05) is 17.1 Å². The summed E-state index contributed by atoms with van der Waals surface area (Å²) in [6, 6.07) is 4.49. The Balaban J connectivity index is 2.45. The van der Waals surface area contributed by atoms with Crippen molar-refractivity contribution in [2.24, 2.45) is 0 Å². The highest BCUT2D eigenvalue weighted by molar-refractivity contribution is 9.10. The lowest BCUT2D eigenvalue weighted by atomic mass is 10.0. The minimum Gasteiger partial charge on any atom is -0.373 e. The van der Waals surface area contributed by atoms with E-state index in [2.05, 4.69) is 50.4 Å². The predicted octanol–water partition coefficient (Wildman–Crippen LogP) is 4.29. The Morgan fingerprint density at radius 2 is 1.90 bits per heavy atom. The van der Waals surface area contributed by atoms with Crippen LogP contribution in [0.1, 0.15) is 25.3 Å². The van der Waals surface area contributed by atoms with Gasteiger partial charge in [0.1, 0.15) is 23.8 Å². The van der Waals surface area contributed by atoms with Gasteiger partial charge in [0.25, 0.3) is 0 Å². The summed E-state index contributed by atoms with van der Waals surface area (Å²) >= 11 is 3.40. The van der Waals surface area contributed by atoms with E-state index in [1.165, 1.54) is 18.5 Å². The molecule has 0 bridgehead atoms. The summed E-state index contributed by atoms with van der Waals surface area (Å²) in [5, 5.41) is 6.21. The van der Waals surface area contributed by atoms with Crippen LogP contribution in [-0.2, 0) is 0 Å². The summed E-state index contributed by atoms with van der Waals surface area (Å²) in [5.74, 6) is 1.37. The zero-order chi connectivity index (χ0) is 14.7. The minimum atomic E-state index is -0.301. The zero-order valence-electron chi connectivity index (χ0n) is 11.5. The lowest BCUT2D eigenvalue weighted by Crippen LogP contribution is -2.07. The van der Waals surface area contributed by atoms with E-state index in [1.54, 1.807) is 6.07 Å². The van der Waals surface area contributed by atoms with Crippen LogP contribution in [0.15, 0.2) is 29.0 Å². The molecule has 0 aliphatic carbocycles. The quantitative estimate of drug-likeness (QED) is 0.873. The highest BCUT2D eigenvalue weighted by Crippen LogP contribution is 2.32. The fourth-order valence-corrected chi connectivity index (χ4v) is 2.31. The second-order valence-corrected chi connectivity index (χ2v) is 5.49. The van der Waals surface area contributed by atoms with Crippen LogP contribution in [0.5, 0.6) is 0 Å². The lowest BCUT2D eigenvalue weighted by Gasteiger charge is -2.17. The lowest BCUT2D eigenvalue weighted by molar-refractivity contribution is 0.628. The number of nitrogens with one attached hydrogen (secondary N) is 2. The molecule has 20 heavy (non-hydrogen) atoms. The number of hydrogen-bond donors (Lipinski definition) is 2. The van der Waals surface area contributed by atoms with Crippen LogP contribution in [0.25, 0.3) is 0 Å². The van der Waals surface area contributed by atoms with Crippen molar-refractivity contribution in [2.75, 3.05) is 17.7 Å². The van der Waals surface area contributed by atoms with Crippen molar-refractivity contribution in [3.8, 4) is 0 Å². The van der Waals surface area contributed by atoms with E-state index in [-0.39, 0.29) is 11.7 Å².